The maximum atomic E-state index is 13.8. The maximum absolute atomic E-state index is 13.8. The molecule has 8 heteroatoms. The summed E-state index contributed by atoms with van der Waals surface area (Å²) in [5.41, 5.74) is -0.636. The van der Waals surface area contributed by atoms with E-state index < -0.39 is 34.6 Å². The lowest BCUT2D eigenvalue weighted by Gasteiger charge is -2.28. The number of amides is 1. The van der Waals surface area contributed by atoms with E-state index in [-0.39, 0.29) is 25.1 Å². The SMILES string of the molecule is CC(C)(C)OC(=O)N1C[C@@H](F)C[C@H]1CCc1ccc(F)cc1[N+](=O)[O-]. The second kappa shape index (κ2) is 7.33. The first-order valence-electron chi connectivity index (χ1n) is 8.13. The van der Waals surface area contributed by atoms with Crippen LogP contribution in [0.15, 0.2) is 18.2 Å². The third kappa shape index (κ3) is 5.11. The third-order valence-corrected chi connectivity index (χ3v) is 3.98. The highest BCUT2D eigenvalue weighted by Gasteiger charge is 2.37. The maximum Gasteiger partial charge on any atom is 0.410 e. The molecule has 1 aliphatic heterocycles. The largest absolute Gasteiger partial charge is 0.444 e. The number of likely N-dealkylation sites (tertiary alicyclic amines) is 1. The van der Waals surface area contributed by atoms with E-state index in [4.69, 9.17) is 4.74 Å². The van der Waals surface area contributed by atoms with Crippen molar-refractivity contribution in [1.29, 1.82) is 0 Å². The van der Waals surface area contributed by atoms with Crippen molar-refractivity contribution >= 4 is 11.8 Å². The molecule has 2 rings (SSSR count). The van der Waals surface area contributed by atoms with Crippen molar-refractivity contribution in [3.8, 4) is 0 Å². The number of aryl methyl sites for hydroxylation is 1. The summed E-state index contributed by atoms with van der Waals surface area (Å²) in [7, 11) is 0. The molecule has 138 valence electrons. The Kier molecular flexibility index (Phi) is 5.59. The molecule has 0 saturated carbocycles. The van der Waals surface area contributed by atoms with Gasteiger partial charge in [-0.1, -0.05) is 0 Å². The molecule has 0 spiro atoms. The summed E-state index contributed by atoms with van der Waals surface area (Å²) < 4.78 is 32.3. The number of halogens is 2. The number of carbonyl (C=O) groups is 1. The fourth-order valence-corrected chi connectivity index (χ4v) is 2.92. The smallest absolute Gasteiger partial charge is 0.410 e. The normalized spacial score (nSPS) is 20.6. The predicted octanol–water partition coefficient (Wildman–Crippen LogP) is 4.01. The van der Waals surface area contributed by atoms with Crippen molar-refractivity contribution in [1.82, 2.24) is 4.90 Å². The number of benzene rings is 1. The van der Waals surface area contributed by atoms with Crippen LogP contribution in [0.4, 0.5) is 19.3 Å². The molecule has 2 atom stereocenters. The molecule has 1 aromatic rings. The number of nitrogens with zero attached hydrogens (tertiary/aromatic N) is 2. The van der Waals surface area contributed by atoms with Gasteiger partial charge in [-0.3, -0.25) is 10.1 Å². The van der Waals surface area contributed by atoms with Gasteiger partial charge in [-0.05, 0) is 45.7 Å². The zero-order valence-electron chi connectivity index (χ0n) is 14.5. The second-order valence-electron chi connectivity index (χ2n) is 7.19. The number of nitro groups is 1. The van der Waals surface area contributed by atoms with Gasteiger partial charge < -0.3 is 9.64 Å². The molecule has 0 radical (unpaired) electrons. The van der Waals surface area contributed by atoms with Crippen LogP contribution in [0.2, 0.25) is 0 Å². The Bertz CT molecular complexity index is 661. The van der Waals surface area contributed by atoms with Crippen LogP contribution in [-0.4, -0.2) is 40.3 Å². The Hall–Kier alpha value is -2.25. The summed E-state index contributed by atoms with van der Waals surface area (Å²) >= 11 is 0. The topological polar surface area (TPSA) is 72.7 Å². The van der Waals surface area contributed by atoms with Gasteiger partial charge in [0, 0.05) is 18.0 Å². The van der Waals surface area contributed by atoms with Crippen LogP contribution in [0.5, 0.6) is 0 Å². The number of rotatable bonds is 4. The van der Waals surface area contributed by atoms with E-state index >= 15 is 0 Å². The van der Waals surface area contributed by atoms with Gasteiger partial charge in [0.05, 0.1) is 17.5 Å². The molecule has 0 aliphatic carbocycles. The molecule has 6 nitrogen and oxygen atoms in total. The van der Waals surface area contributed by atoms with Crippen LogP contribution in [-0.2, 0) is 11.2 Å². The van der Waals surface area contributed by atoms with Gasteiger partial charge in [0.1, 0.15) is 17.6 Å². The van der Waals surface area contributed by atoms with Crippen LogP contribution in [0.25, 0.3) is 0 Å². The minimum absolute atomic E-state index is 0.0505. The van der Waals surface area contributed by atoms with Crippen LogP contribution < -0.4 is 0 Å². The highest BCUT2D eigenvalue weighted by atomic mass is 19.1. The van der Waals surface area contributed by atoms with E-state index in [0.29, 0.717) is 12.0 Å². The molecular weight excluding hydrogens is 334 g/mol. The summed E-state index contributed by atoms with van der Waals surface area (Å²) in [4.78, 5) is 24.0. The third-order valence-electron chi connectivity index (χ3n) is 3.98. The molecule has 1 heterocycles. The number of hydrogen-bond acceptors (Lipinski definition) is 4. The molecule has 0 N–H and O–H groups in total. The van der Waals surface area contributed by atoms with Crippen LogP contribution >= 0.6 is 0 Å². The highest BCUT2D eigenvalue weighted by Crippen LogP contribution is 2.28. The summed E-state index contributed by atoms with van der Waals surface area (Å²) in [5, 5.41) is 11.0. The molecular formula is C17H22F2N2O4. The van der Waals surface area contributed by atoms with Crippen LogP contribution in [0.1, 0.15) is 39.2 Å². The van der Waals surface area contributed by atoms with E-state index in [0.717, 1.165) is 12.1 Å². The van der Waals surface area contributed by atoms with Crippen molar-refractivity contribution in [2.75, 3.05) is 6.54 Å². The van der Waals surface area contributed by atoms with Gasteiger partial charge in [-0.25, -0.2) is 13.6 Å². The van der Waals surface area contributed by atoms with E-state index in [9.17, 15) is 23.7 Å². The van der Waals surface area contributed by atoms with Gasteiger partial charge in [0.2, 0.25) is 0 Å². The molecule has 1 aliphatic rings. The van der Waals surface area contributed by atoms with Crippen LogP contribution in [0.3, 0.4) is 0 Å². The first kappa shape index (κ1) is 19.1. The average molecular weight is 356 g/mol. The zero-order valence-corrected chi connectivity index (χ0v) is 14.5. The van der Waals surface area contributed by atoms with Gasteiger partial charge in [-0.2, -0.15) is 0 Å². The number of ether oxygens (including phenoxy) is 1. The molecule has 1 aromatic carbocycles. The molecule has 0 bridgehead atoms. The molecule has 0 unspecified atom stereocenters. The minimum Gasteiger partial charge on any atom is -0.444 e. The van der Waals surface area contributed by atoms with Crippen molar-refractivity contribution in [3.05, 3.63) is 39.7 Å². The summed E-state index contributed by atoms with van der Waals surface area (Å²) in [6.45, 7) is 5.13. The fraction of sp³-hybridized carbons (Fsp3) is 0.588. The van der Waals surface area contributed by atoms with E-state index in [1.54, 1.807) is 20.8 Å². The van der Waals surface area contributed by atoms with Gasteiger partial charge in [0.15, 0.2) is 0 Å². The first-order chi connectivity index (χ1) is 11.6. The van der Waals surface area contributed by atoms with Gasteiger partial charge in [0.25, 0.3) is 5.69 Å². The number of carbonyl (C=O) groups excluding carboxylic acids is 1. The van der Waals surface area contributed by atoms with Gasteiger partial charge in [-0.15, -0.1) is 0 Å². The Morgan fingerprint density at radius 1 is 1.44 bits per heavy atom. The number of hydrogen-bond donors (Lipinski definition) is 0. The first-order valence-corrected chi connectivity index (χ1v) is 8.13. The predicted molar refractivity (Wildman–Crippen MR) is 87.6 cm³/mol. The minimum atomic E-state index is -1.15. The Morgan fingerprint density at radius 2 is 2.12 bits per heavy atom. The molecule has 25 heavy (non-hydrogen) atoms. The second-order valence-corrected chi connectivity index (χ2v) is 7.19. The lowest BCUT2D eigenvalue weighted by molar-refractivity contribution is -0.385. The molecule has 1 amide bonds. The Labute approximate surface area is 144 Å². The van der Waals surface area contributed by atoms with E-state index in [1.165, 1.54) is 11.0 Å². The number of nitro benzene ring substituents is 1. The quantitative estimate of drug-likeness (QED) is 0.603. The van der Waals surface area contributed by atoms with Crippen molar-refractivity contribution in [3.63, 3.8) is 0 Å². The monoisotopic (exact) mass is 356 g/mol. The van der Waals surface area contributed by atoms with E-state index in [2.05, 4.69) is 0 Å². The standard InChI is InChI=1S/C17H22F2N2O4/c1-17(2,3)25-16(22)20-10-13(19)8-14(20)7-5-11-4-6-12(18)9-15(11)21(23)24/h4,6,9,13-14H,5,7-8,10H2,1-3H3/t13-,14+/m0/s1. The molecule has 1 saturated heterocycles. The Morgan fingerprint density at radius 3 is 2.72 bits per heavy atom. The van der Waals surface area contributed by atoms with Crippen molar-refractivity contribution < 1.29 is 23.2 Å². The number of alkyl halides is 1. The van der Waals surface area contributed by atoms with Gasteiger partial charge >= 0.3 is 6.09 Å². The fourth-order valence-electron chi connectivity index (χ4n) is 2.92. The van der Waals surface area contributed by atoms with E-state index in [1.807, 2.05) is 0 Å². The zero-order chi connectivity index (χ0) is 18.8. The van der Waals surface area contributed by atoms with Crippen molar-refractivity contribution in [2.45, 2.75) is 57.8 Å². The lowest BCUT2D eigenvalue weighted by Crippen LogP contribution is -2.40. The highest BCUT2D eigenvalue weighted by molar-refractivity contribution is 5.69. The summed E-state index contributed by atoms with van der Waals surface area (Å²) in [6, 6.07) is 2.97. The Balaban J connectivity index is 2.08. The summed E-state index contributed by atoms with van der Waals surface area (Å²) in [6.07, 6.45) is -1.000. The summed E-state index contributed by atoms with van der Waals surface area (Å²) in [5.74, 6) is -0.685. The average Bonchev–Trinajstić information content (AvgIpc) is 2.85. The molecule has 0 aromatic heterocycles. The molecule has 1 fully saturated rings. The lowest BCUT2D eigenvalue weighted by atomic mass is 10.0. The van der Waals surface area contributed by atoms with Crippen molar-refractivity contribution in [2.24, 2.45) is 0 Å². The van der Waals surface area contributed by atoms with Crippen LogP contribution in [0, 0.1) is 15.9 Å².